The summed E-state index contributed by atoms with van der Waals surface area (Å²) in [5, 5.41) is 4.94. The van der Waals surface area contributed by atoms with Gasteiger partial charge in [0.15, 0.2) is 9.84 Å². The van der Waals surface area contributed by atoms with Crippen molar-refractivity contribution in [1.82, 2.24) is 5.32 Å². The SMILES string of the molecule is CCOC(=O)NC(=O)c1c(NC(=O)Cc2ccc(S(=O)(=O)C(C)C)cc2)sc2c1CCC(C)C2. The second-order valence-electron chi connectivity index (χ2n) is 8.69. The van der Waals surface area contributed by atoms with E-state index in [2.05, 4.69) is 17.6 Å². The number of anilines is 1. The summed E-state index contributed by atoms with van der Waals surface area (Å²) in [6, 6.07) is 6.23. The Morgan fingerprint density at radius 1 is 1.18 bits per heavy atom. The van der Waals surface area contributed by atoms with Crippen LogP contribution in [0.4, 0.5) is 9.80 Å². The minimum absolute atomic E-state index is 0.0138. The number of thiophene rings is 1. The molecule has 1 atom stereocenters. The van der Waals surface area contributed by atoms with Gasteiger partial charge in [-0.1, -0.05) is 19.1 Å². The monoisotopic (exact) mass is 506 g/mol. The van der Waals surface area contributed by atoms with E-state index in [0.29, 0.717) is 28.5 Å². The molecular weight excluding hydrogens is 476 g/mol. The first kappa shape index (κ1) is 25.9. The van der Waals surface area contributed by atoms with Crippen molar-refractivity contribution in [2.75, 3.05) is 11.9 Å². The summed E-state index contributed by atoms with van der Waals surface area (Å²) >= 11 is 1.36. The fourth-order valence-corrected chi connectivity index (χ4v) is 6.31. The number of hydrogen-bond donors (Lipinski definition) is 2. The highest BCUT2D eigenvalue weighted by Crippen LogP contribution is 2.39. The van der Waals surface area contributed by atoms with Crippen LogP contribution < -0.4 is 10.6 Å². The lowest BCUT2D eigenvalue weighted by molar-refractivity contribution is -0.115. The molecule has 1 unspecified atom stereocenters. The van der Waals surface area contributed by atoms with Crippen LogP contribution in [0.2, 0.25) is 0 Å². The number of imide groups is 1. The number of nitrogens with one attached hydrogen (secondary N) is 2. The molecule has 0 aliphatic heterocycles. The zero-order chi connectivity index (χ0) is 25.0. The van der Waals surface area contributed by atoms with Crippen LogP contribution in [-0.2, 0) is 38.6 Å². The first-order chi connectivity index (χ1) is 16.0. The summed E-state index contributed by atoms with van der Waals surface area (Å²) in [6.45, 7) is 7.16. The van der Waals surface area contributed by atoms with Crippen molar-refractivity contribution < 1.29 is 27.5 Å². The van der Waals surface area contributed by atoms with Gasteiger partial charge in [-0.25, -0.2) is 13.2 Å². The Bertz CT molecular complexity index is 1180. The summed E-state index contributed by atoms with van der Waals surface area (Å²) in [4.78, 5) is 38.7. The molecule has 0 fully saturated rings. The lowest BCUT2D eigenvalue weighted by atomic mass is 9.88. The van der Waals surface area contributed by atoms with E-state index in [1.165, 1.54) is 23.5 Å². The normalized spacial score (nSPS) is 15.5. The number of hydrogen-bond acceptors (Lipinski definition) is 7. The zero-order valence-electron chi connectivity index (χ0n) is 19.8. The quantitative estimate of drug-likeness (QED) is 0.583. The predicted molar refractivity (Wildman–Crippen MR) is 131 cm³/mol. The molecule has 0 bridgehead atoms. The van der Waals surface area contributed by atoms with Gasteiger partial charge in [0.2, 0.25) is 5.91 Å². The molecular formula is C24H30N2O6S2. The standard InChI is InChI=1S/C24H30N2O6S2/c1-5-32-24(29)26-22(28)21-18-11-6-15(4)12-19(18)33-23(21)25-20(27)13-16-7-9-17(10-8-16)34(30,31)14(2)3/h7-10,14-15H,5-6,11-13H2,1-4H3,(H,25,27)(H,26,28,29). The lowest BCUT2D eigenvalue weighted by Gasteiger charge is -2.18. The van der Waals surface area contributed by atoms with E-state index in [1.54, 1.807) is 32.9 Å². The average Bonchev–Trinajstić information content (AvgIpc) is 3.10. The van der Waals surface area contributed by atoms with Crippen molar-refractivity contribution >= 4 is 44.1 Å². The van der Waals surface area contributed by atoms with Gasteiger partial charge in [-0.2, -0.15) is 0 Å². The second-order valence-corrected chi connectivity index (χ2v) is 12.3. The van der Waals surface area contributed by atoms with Gasteiger partial charge in [0.05, 0.1) is 28.7 Å². The first-order valence-corrected chi connectivity index (χ1v) is 13.6. The molecule has 34 heavy (non-hydrogen) atoms. The molecule has 10 heteroatoms. The number of amides is 3. The van der Waals surface area contributed by atoms with Crippen LogP contribution in [-0.4, -0.2) is 38.2 Å². The van der Waals surface area contributed by atoms with Gasteiger partial charge in [-0.3, -0.25) is 14.9 Å². The van der Waals surface area contributed by atoms with Crippen molar-refractivity contribution in [1.29, 1.82) is 0 Å². The smallest absolute Gasteiger partial charge is 0.414 e. The number of ether oxygens (including phenoxy) is 1. The third kappa shape index (κ3) is 5.85. The van der Waals surface area contributed by atoms with E-state index in [0.717, 1.165) is 23.3 Å². The van der Waals surface area contributed by atoms with E-state index in [-0.39, 0.29) is 23.8 Å². The largest absolute Gasteiger partial charge is 0.450 e. The number of fused-ring (bicyclic) bond motifs is 1. The fraction of sp³-hybridized carbons (Fsp3) is 0.458. The van der Waals surface area contributed by atoms with E-state index < -0.39 is 27.1 Å². The minimum atomic E-state index is -3.39. The van der Waals surface area contributed by atoms with Gasteiger partial charge in [0, 0.05) is 4.88 Å². The molecule has 1 aliphatic rings. The molecule has 3 amide bonds. The Morgan fingerprint density at radius 2 is 1.85 bits per heavy atom. The summed E-state index contributed by atoms with van der Waals surface area (Å²) in [5.74, 6) is -0.461. The number of alkyl carbamates (subject to hydrolysis) is 1. The van der Waals surface area contributed by atoms with Gasteiger partial charge < -0.3 is 10.1 Å². The molecule has 2 aromatic rings. The number of benzene rings is 1. The number of carbonyl (C=O) groups excluding carboxylic acids is 3. The molecule has 1 aromatic carbocycles. The van der Waals surface area contributed by atoms with Crippen molar-refractivity contribution in [3.05, 3.63) is 45.8 Å². The number of sulfone groups is 1. The Morgan fingerprint density at radius 3 is 2.47 bits per heavy atom. The summed E-state index contributed by atoms with van der Waals surface area (Å²) in [7, 11) is -3.39. The molecule has 0 saturated heterocycles. The molecule has 0 radical (unpaired) electrons. The Labute approximate surface area is 204 Å². The molecule has 2 N–H and O–H groups in total. The maximum absolute atomic E-state index is 12.9. The topological polar surface area (TPSA) is 119 Å². The molecule has 1 heterocycles. The number of carbonyl (C=O) groups is 3. The van der Waals surface area contributed by atoms with Gasteiger partial charge >= 0.3 is 6.09 Å². The van der Waals surface area contributed by atoms with Crippen LogP contribution in [0.5, 0.6) is 0 Å². The lowest BCUT2D eigenvalue weighted by Crippen LogP contribution is -2.32. The van der Waals surface area contributed by atoms with Crippen molar-refractivity contribution in [2.24, 2.45) is 5.92 Å². The van der Waals surface area contributed by atoms with E-state index in [4.69, 9.17) is 4.74 Å². The predicted octanol–water partition coefficient (Wildman–Crippen LogP) is 4.12. The molecule has 8 nitrogen and oxygen atoms in total. The third-order valence-corrected chi connectivity index (χ3v) is 9.06. The second kappa shape index (κ2) is 10.7. The Kier molecular flexibility index (Phi) is 8.14. The Balaban J connectivity index is 1.79. The Hall–Kier alpha value is -2.72. The van der Waals surface area contributed by atoms with E-state index in [1.807, 2.05) is 0 Å². The maximum Gasteiger partial charge on any atom is 0.414 e. The fourth-order valence-electron chi connectivity index (χ4n) is 3.83. The van der Waals surface area contributed by atoms with Crippen LogP contribution in [0.25, 0.3) is 0 Å². The molecule has 1 aliphatic carbocycles. The van der Waals surface area contributed by atoms with Crippen molar-refractivity contribution in [3.63, 3.8) is 0 Å². The van der Waals surface area contributed by atoms with Gasteiger partial charge in [0.1, 0.15) is 5.00 Å². The van der Waals surface area contributed by atoms with Gasteiger partial charge in [-0.15, -0.1) is 11.3 Å². The van der Waals surface area contributed by atoms with E-state index >= 15 is 0 Å². The number of rotatable bonds is 7. The van der Waals surface area contributed by atoms with Crippen molar-refractivity contribution in [3.8, 4) is 0 Å². The van der Waals surface area contributed by atoms with Crippen LogP contribution >= 0.6 is 11.3 Å². The van der Waals surface area contributed by atoms with Crippen molar-refractivity contribution in [2.45, 2.75) is 63.5 Å². The highest BCUT2D eigenvalue weighted by atomic mass is 32.2. The average molecular weight is 507 g/mol. The minimum Gasteiger partial charge on any atom is -0.450 e. The zero-order valence-corrected chi connectivity index (χ0v) is 21.4. The summed E-state index contributed by atoms with van der Waals surface area (Å²) < 4.78 is 29.4. The summed E-state index contributed by atoms with van der Waals surface area (Å²) in [5.41, 5.74) is 1.82. The third-order valence-electron chi connectivity index (χ3n) is 5.72. The van der Waals surface area contributed by atoms with Gasteiger partial charge in [-0.05, 0) is 69.2 Å². The highest BCUT2D eigenvalue weighted by molar-refractivity contribution is 7.92. The molecule has 1 aromatic heterocycles. The van der Waals surface area contributed by atoms with E-state index in [9.17, 15) is 22.8 Å². The molecule has 184 valence electrons. The van der Waals surface area contributed by atoms with Gasteiger partial charge in [0.25, 0.3) is 5.91 Å². The summed E-state index contributed by atoms with van der Waals surface area (Å²) in [6.07, 6.45) is 1.61. The van der Waals surface area contributed by atoms with Crippen LogP contribution in [0.3, 0.4) is 0 Å². The molecule has 3 rings (SSSR count). The molecule has 0 saturated carbocycles. The van der Waals surface area contributed by atoms with Crippen LogP contribution in [0, 0.1) is 5.92 Å². The maximum atomic E-state index is 12.9. The van der Waals surface area contributed by atoms with Crippen LogP contribution in [0.15, 0.2) is 29.2 Å². The van der Waals surface area contributed by atoms with Crippen LogP contribution in [0.1, 0.15) is 60.5 Å². The molecule has 0 spiro atoms. The highest BCUT2D eigenvalue weighted by Gasteiger charge is 2.29. The first-order valence-electron chi connectivity index (χ1n) is 11.3.